The fraction of sp³-hybridized carbons (Fsp3) is 0.143. The molecule has 72 valence electrons. The van der Waals surface area contributed by atoms with Crippen LogP contribution in [0.15, 0.2) is 29.2 Å². The molecular formula is C7H7FO4S. The van der Waals surface area contributed by atoms with E-state index >= 15 is 0 Å². The van der Waals surface area contributed by atoms with Gasteiger partial charge in [0.2, 0.25) is 6.86 Å². The van der Waals surface area contributed by atoms with Gasteiger partial charge in [0.1, 0.15) is 10.6 Å². The van der Waals surface area contributed by atoms with Crippen molar-refractivity contribution in [3.63, 3.8) is 0 Å². The first-order valence-corrected chi connectivity index (χ1v) is 4.75. The lowest BCUT2D eigenvalue weighted by molar-refractivity contribution is 0.187. The summed E-state index contributed by atoms with van der Waals surface area (Å²) in [5.41, 5.74) is 0. The number of alkyl halides is 1. The van der Waals surface area contributed by atoms with Crippen molar-refractivity contribution in [1.82, 2.24) is 0 Å². The van der Waals surface area contributed by atoms with Crippen LogP contribution in [0.1, 0.15) is 0 Å². The third-order valence-electron chi connectivity index (χ3n) is 1.34. The zero-order valence-electron chi connectivity index (χ0n) is 6.47. The van der Waals surface area contributed by atoms with Gasteiger partial charge in [-0.3, -0.25) is 4.55 Å². The van der Waals surface area contributed by atoms with Crippen LogP contribution in [0.2, 0.25) is 0 Å². The van der Waals surface area contributed by atoms with Crippen LogP contribution < -0.4 is 4.74 Å². The zero-order chi connectivity index (χ0) is 9.90. The molecule has 0 radical (unpaired) electrons. The number of rotatable bonds is 3. The molecule has 1 N–H and O–H groups in total. The van der Waals surface area contributed by atoms with Crippen LogP contribution in [0.5, 0.6) is 5.75 Å². The van der Waals surface area contributed by atoms with Crippen molar-refractivity contribution >= 4 is 10.1 Å². The highest BCUT2D eigenvalue weighted by molar-refractivity contribution is 7.86. The lowest BCUT2D eigenvalue weighted by Gasteiger charge is -2.04. The average Bonchev–Trinajstić information content (AvgIpc) is 2.04. The predicted octanol–water partition coefficient (Wildman–Crippen LogP) is 1.24. The van der Waals surface area contributed by atoms with Gasteiger partial charge >= 0.3 is 0 Å². The van der Waals surface area contributed by atoms with Gasteiger partial charge in [-0.15, -0.1) is 0 Å². The molecule has 0 heterocycles. The zero-order valence-corrected chi connectivity index (χ0v) is 7.29. The van der Waals surface area contributed by atoms with Crippen molar-refractivity contribution in [2.75, 3.05) is 6.86 Å². The molecule has 0 aromatic heterocycles. The van der Waals surface area contributed by atoms with Gasteiger partial charge in [-0.2, -0.15) is 8.42 Å². The molecule has 0 amide bonds. The summed E-state index contributed by atoms with van der Waals surface area (Å²) in [6.45, 7) is -1.15. The molecule has 0 spiro atoms. The Hall–Kier alpha value is -1.14. The molecular weight excluding hydrogens is 199 g/mol. The smallest absolute Gasteiger partial charge is 0.298 e. The van der Waals surface area contributed by atoms with Crippen molar-refractivity contribution < 1.29 is 22.1 Å². The monoisotopic (exact) mass is 206 g/mol. The number of para-hydroxylation sites is 1. The molecule has 1 aromatic carbocycles. The van der Waals surface area contributed by atoms with E-state index in [0.29, 0.717) is 0 Å². The van der Waals surface area contributed by atoms with Crippen molar-refractivity contribution in [3.05, 3.63) is 24.3 Å². The maximum Gasteiger partial charge on any atom is 0.298 e. The molecule has 0 saturated heterocycles. The van der Waals surface area contributed by atoms with Gasteiger partial charge < -0.3 is 4.74 Å². The highest BCUT2D eigenvalue weighted by Crippen LogP contribution is 2.22. The Morgan fingerprint density at radius 3 is 2.54 bits per heavy atom. The van der Waals surface area contributed by atoms with E-state index in [1.165, 1.54) is 18.2 Å². The molecule has 0 atom stereocenters. The molecule has 0 saturated carbocycles. The van der Waals surface area contributed by atoms with E-state index in [1.54, 1.807) is 0 Å². The molecule has 0 fully saturated rings. The molecule has 1 aromatic rings. The standard InChI is InChI=1S/C7H7FO4S/c8-5-12-6-3-1-2-4-7(6)13(9,10)11/h1-4H,5H2,(H,9,10,11). The third kappa shape index (κ3) is 2.40. The van der Waals surface area contributed by atoms with Crippen LogP contribution in [-0.2, 0) is 10.1 Å². The minimum absolute atomic E-state index is 0.201. The number of ether oxygens (including phenoxy) is 1. The van der Waals surface area contributed by atoms with Crippen LogP contribution >= 0.6 is 0 Å². The van der Waals surface area contributed by atoms with Gasteiger partial charge in [-0.25, -0.2) is 4.39 Å². The molecule has 6 heteroatoms. The van der Waals surface area contributed by atoms with Crippen LogP contribution in [-0.4, -0.2) is 19.8 Å². The van der Waals surface area contributed by atoms with Crippen molar-refractivity contribution in [2.45, 2.75) is 4.90 Å². The fourth-order valence-corrected chi connectivity index (χ4v) is 1.47. The predicted molar refractivity (Wildman–Crippen MR) is 42.9 cm³/mol. The van der Waals surface area contributed by atoms with Crippen LogP contribution in [0, 0.1) is 0 Å². The molecule has 13 heavy (non-hydrogen) atoms. The first-order valence-electron chi connectivity index (χ1n) is 3.31. The molecule has 0 unspecified atom stereocenters. The van der Waals surface area contributed by atoms with Gasteiger partial charge in [0, 0.05) is 0 Å². The highest BCUT2D eigenvalue weighted by atomic mass is 32.2. The normalized spacial score (nSPS) is 11.2. The minimum Gasteiger partial charge on any atom is -0.461 e. The first kappa shape index (κ1) is 9.94. The van der Waals surface area contributed by atoms with E-state index in [1.807, 2.05) is 0 Å². The Kier molecular flexibility index (Phi) is 2.84. The van der Waals surface area contributed by atoms with E-state index in [2.05, 4.69) is 4.74 Å². The maximum atomic E-state index is 11.7. The largest absolute Gasteiger partial charge is 0.461 e. The average molecular weight is 206 g/mol. The van der Waals surface area contributed by atoms with Crippen molar-refractivity contribution in [2.24, 2.45) is 0 Å². The summed E-state index contributed by atoms with van der Waals surface area (Å²) in [6, 6.07) is 5.25. The van der Waals surface area contributed by atoms with Crippen molar-refractivity contribution in [3.8, 4) is 5.75 Å². The summed E-state index contributed by atoms with van der Waals surface area (Å²) in [5.74, 6) is -0.201. The number of halogens is 1. The Morgan fingerprint density at radius 2 is 2.00 bits per heavy atom. The molecule has 0 aliphatic carbocycles. The van der Waals surface area contributed by atoms with Crippen LogP contribution in [0.4, 0.5) is 4.39 Å². The Morgan fingerprint density at radius 1 is 1.38 bits per heavy atom. The van der Waals surface area contributed by atoms with Gasteiger partial charge in [0.15, 0.2) is 0 Å². The van der Waals surface area contributed by atoms with Crippen LogP contribution in [0.3, 0.4) is 0 Å². The summed E-state index contributed by atoms with van der Waals surface area (Å²) in [5, 5.41) is 0. The lowest BCUT2D eigenvalue weighted by Crippen LogP contribution is -2.02. The topological polar surface area (TPSA) is 63.6 Å². The summed E-state index contributed by atoms with van der Waals surface area (Å²) in [4.78, 5) is -0.437. The number of hydrogen-bond acceptors (Lipinski definition) is 3. The minimum atomic E-state index is -4.35. The molecule has 0 aliphatic heterocycles. The Bertz CT molecular complexity index is 387. The van der Waals surface area contributed by atoms with Crippen molar-refractivity contribution in [1.29, 1.82) is 0 Å². The van der Waals surface area contributed by atoms with Gasteiger partial charge in [0.05, 0.1) is 0 Å². The second-order valence-corrected chi connectivity index (χ2v) is 3.57. The second kappa shape index (κ2) is 3.71. The number of hydrogen-bond donors (Lipinski definition) is 1. The second-order valence-electron chi connectivity index (χ2n) is 2.18. The third-order valence-corrected chi connectivity index (χ3v) is 2.23. The number of benzene rings is 1. The van der Waals surface area contributed by atoms with Gasteiger partial charge in [-0.1, -0.05) is 12.1 Å². The van der Waals surface area contributed by atoms with E-state index in [0.717, 1.165) is 6.07 Å². The summed E-state index contributed by atoms with van der Waals surface area (Å²) >= 11 is 0. The van der Waals surface area contributed by atoms with E-state index in [4.69, 9.17) is 4.55 Å². The Labute approximate surface area is 74.7 Å². The molecule has 1 rings (SSSR count). The highest BCUT2D eigenvalue weighted by Gasteiger charge is 2.15. The summed E-state index contributed by atoms with van der Waals surface area (Å²) in [6.07, 6.45) is 0. The fourth-order valence-electron chi connectivity index (χ4n) is 0.841. The quantitative estimate of drug-likeness (QED) is 0.755. The first-order chi connectivity index (χ1) is 6.05. The molecule has 0 bridgehead atoms. The van der Waals surface area contributed by atoms with E-state index in [-0.39, 0.29) is 5.75 Å². The summed E-state index contributed by atoms with van der Waals surface area (Å²) < 4.78 is 46.1. The Balaban J connectivity index is 3.20. The van der Waals surface area contributed by atoms with Gasteiger partial charge in [0.25, 0.3) is 10.1 Å². The van der Waals surface area contributed by atoms with E-state index < -0.39 is 21.9 Å². The molecule has 0 aliphatic rings. The van der Waals surface area contributed by atoms with E-state index in [9.17, 15) is 12.8 Å². The lowest BCUT2D eigenvalue weighted by atomic mass is 10.3. The van der Waals surface area contributed by atoms with Crippen LogP contribution in [0.25, 0.3) is 0 Å². The maximum absolute atomic E-state index is 11.7. The van der Waals surface area contributed by atoms with Gasteiger partial charge in [-0.05, 0) is 12.1 Å². The molecule has 4 nitrogen and oxygen atoms in total. The summed E-state index contributed by atoms with van der Waals surface area (Å²) in [7, 11) is -4.35. The SMILES string of the molecule is O=S(=O)(O)c1ccccc1OCF.